The molecule has 2 aromatic rings. The van der Waals surface area contributed by atoms with Crippen molar-refractivity contribution in [2.24, 2.45) is 0 Å². The average Bonchev–Trinajstić information content (AvgIpc) is 3.35. The second kappa shape index (κ2) is 7.55. The third-order valence-corrected chi connectivity index (χ3v) is 9.06. The standard InChI is InChI=1S/C24H27N3O5S/c1-15-12-19(16(2)27(15)18-9-11-33(31,32)14-18)21(28)13-26-22(29)24(25-23(26)30)10-5-7-17-6-3-4-8-20(17)24/h3-4,6,8,12,18H,5,7,9-11,13-14H2,1-2H3,(H,25,30)/t18-,24-/m1/s1. The number of sulfone groups is 1. The van der Waals surface area contributed by atoms with Crippen LogP contribution in [0, 0.1) is 13.8 Å². The minimum atomic E-state index is -3.07. The molecule has 1 aromatic heterocycles. The minimum Gasteiger partial charge on any atom is -0.344 e. The Morgan fingerprint density at radius 3 is 2.70 bits per heavy atom. The third kappa shape index (κ3) is 3.40. The van der Waals surface area contributed by atoms with Gasteiger partial charge in [-0.1, -0.05) is 24.3 Å². The lowest BCUT2D eigenvalue weighted by Crippen LogP contribution is -2.46. The van der Waals surface area contributed by atoms with E-state index >= 15 is 0 Å². The summed E-state index contributed by atoms with van der Waals surface area (Å²) in [6.07, 6.45) is 2.64. The highest BCUT2D eigenvalue weighted by molar-refractivity contribution is 7.91. The van der Waals surface area contributed by atoms with Crippen molar-refractivity contribution in [3.05, 3.63) is 58.4 Å². The Bertz CT molecular complexity index is 1300. The second-order valence-electron chi connectivity index (χ2n) is 9.37. The molecule has 1 aliphatic carbocycles. The van der Waals surface area contributed by atoms with Gasteiger partial charge < -0.3 is 9.88 Å². The van der Waals surface area contributed by atoms with Gasteiger partial charge in [-0.3, -0.25) is 14.5 Å². The van der Waals surface area contributed by atoms with Crippen LogP contribution in [0.1, 0.15) is 58.2 Å². The normalized spacial score (nSPS) is 26.0. The van der Waals surface area contributed by atoms with Crippen molar-refractivity contribution in [3.63, 3.8) is 0 Å². The predicted octanol–water partition coefficient (Wildman–Crippen LogP) is 2.43. The van der Waals surface area contributed by atoms with Crippen LogP contribution in [0.5, 0.6) is 0 Å². The number of benzene rings is 1. The lowest BCUT2D eigenvalue weighted by atomic mass is 9.76. The number of rotatable bonds is 4. The molecule has 0 unspecified atom stereocenters. The van der Waals surface area contributed by atoms with Crippen molar-refractivity contribution in [3.8, 4) is 0 Å². The third-order valence-electron chi connectivity index (χ3n) is 7.31. The Labute approximate surface area is 192 Å². The van der Waals surface area contributed by atoms with Crippen LogP contribution < -0.4 is 5.32 Å². The summed E-state index contributed by atoms with van der Waals surface area (Å²) < 4.78 is 25.8. The minimum absolute atomic E-state index is 0.0614. The Morgan fingerprint density at radius 2 is 1.97 bits per heavy atom. The zero-order valence-corrected chi connectivity index (χ0v) is 19.6. The van der Waals surface area contributed by atoms with Gasteiger partial charge >= 0.3 is 6.03 Å². The van der Waals surface area contributed by atoms with Crippen LogP contribution >= 0.6 is 0 Å². The van der Waals surface area contributed by atoms with E-state index < -0.39 is 21.4 Å². The maximum Gasteiger partial charge on any atom is 0.325 e. The van der Waals surface area contributed by atoms with Crippen LogP contribution in [0.15, 0.2) is 30.3 Å². The van der Waals surface area contributed by atoms with Crippen LogP contribution in [0.2, 0.25) is 0 Å². The first-order valence-corrected chi connectivity index (χ1v) is 13.1. The van der Waals surface area contributed by atoms with Gasteiger partial charge in [0.05, 0.1) is 18.1 Å². The SMILES string of the molecule is Cc1cc(C(=O)CN2C(=O)N[C@@]3(CCCc4ccccc43)C2=O)c(C)n1[C@@H]1CCS(=O)(=O)C1. The summed E-state index contributed by atoms with van der Waals surface area (Å²) in [5.74, 6) is -0.515. The van der Waals surface area contributed by atoms with Crippen molar-refractivity contribution < 1.29 is 22.8 Å². The first-order chi connectivity index (χ1) is 15.6. The van der Waals surface area contributed by atoms with Gasteiger partial charge in [0.2, 0.25) is 0 Å². The van der Waals surface area contributed by atoms with E-state index in [0.717, 1.165) is 34.6 Å². The van der Waals surface area contributed by atoms with Crippen molar-refractivity contribution in [2.45, 2.75) is 51.1 Å². The molecule has 9 heteroatoms. The number of amides is 3. The van der Waals surface area contributed by atoms with Gasteiger partial charge in [0.15, 0.2) is 15.6 Å². The summed E-state index contributed by atoms with van der Waals surface area (Å²) in [6.45, 7) is 3.29. The molecule has 2 fully saturated rings. The lowest BCUT2D eigenvalue weighted by molar-refractivity contribution is -0.131. The molecule has 0 bridgehead atoms. The number of fused-ring (bicyclic) bond motifs is 2. The summed E-state index contributed by atoms with van der Waals surface area (Å²) in [5, 5.41) is 2.88. The van der Waals surface area contributed by atoms with Crippen molar-refractivity contribution >= 4 is 27.6 Å². The van der Waals surface area contributed by atoms with Crippen LogP contribution in [-0.2, 0) is 26.6 Å². The summed E-state index contributed by atoms with van der Waals surface area (Å²) in [7, 11) is -3.07. The quantitative estimate of drug-likeness (QED) is 0.547. The Hall–Kier alpha value is -2.94. The number of nitrogens with zero attached hydrogens (tertiary/aromatic N) is 2. The molecule has 2 saturated heterocycles. The second-order valence-corrected chi connectivity index (χ2v) is 11.6. The Morgan fingerprint density at radius 1 is 1.21 bits per heavy atom. The number of carbonyl (C=O) groups is 3. The zero-order valence-electron chi connectivity index (χ0n) is 18.8. The molecule has 1 N–H and O–H groups in total. The van der Waals surface area contributed by atoms with Crippen molar-refractivity contribution in [2.75, 3.05) is 18.1 Å². The monoisotopic (exact) mass is 469 g/mol. The first kappa shape index (κ1) is 21.9. The molecule has 2 atom stereocenters. The van der Waals surface area contributed by atoms with Crippen LogP contribution in [0.3, 0.4) is 0 Å². The molecule has 174 valence electrons. The van der Waals surface area contributed by atoms with Crippen LogP contribution in [-0.4, -0.2) is 53.7 Å². The Balaban J connectivity index is 1.41. The van der Waals surface area contributed by atoms with Gasteiger partial charge in [-0.05, 0) is 56.7 Å². The molecule has 2 aliphatic heterocycles. The zero-order chi connectivity index (χ0) is 23.5. The van der Waals surface area contributed by atoms with Crippen molar-refractivity contribution in [1.82, 2.24) is 14.8 Å². The van der Waals surface area contributed by atoms with Gasteiger partial charge in [-0.15, -0.1) is 0 Å². The van der Waals surface area contributed by atoms with E-state index in [-0.39, 0.29) is 35.8 Å². The van der Waals surface area contributed by atoms with Crippen LogP contribution in [0.25, 0.3) is 0 Å². The van der Waals surface area contributed by atoms with Gasteiger partial charge in [-0.25, -0.2) is 13.2 Å². The number of imide groups is 1. The molecule has 33 heavy (non-hydrogen) atoms. The number of nitrogens with one attached hydrogen (secondary N) is 1. The average molecular weight is 470 g/mol. The summed E-state index contributed by atoms with van der Waals surface area (Å²) in [6, 6.07) is 8.61. The summed E-state index contributed by atoms with van der Waals surface area (Å²) >= 11 is 0. The molecule has 8 nitrogen and oxygen atoms in total. The number of carbonyl (C=O) groups excluding carboxylic acids is 3. The molecule has 0 radical (unpaired) electrons. The fraction of sp³-hybridized carbons (Fsp3) is 0.458. The maximum absolute atomic E-state index is 13.5. The molecular formula is C24H27N3O5S. The van der Waals surface area contributed by atoms with E-state index in [1.165, 1.54) is 0 Å². The van der Waals surface area contributed by atoms with Crippen molar-refractivity contribution in [1.29, 1.82) is 0 Å². The maximum atomic E-state index is 13.5. The number of hydrogen-bond acceptors (Lipinski definition) is 5. The predicted molar refractivity (Wildman–Crippen MR) is 122 cm³/mol. The highest BCUT2D eigenvalue weighted by Crippen LogP contribution is 2.40. The number of aryl methyl sites for hydroxylation is 2. The molecule has 3 heterocycles. The highest BCUT2D eigenvalue weighted by Gasteiger charge is 2.54. The van der Waals surface area contributed by atoms with E-state index in [4.69, 9.17) is 0 Å². The number of hydrogen-bond donors (Lipinski definition) is 1. The van der Waals surface area contributed by atoms with E-state index in [1.807, 2.05) is 35.8 Å². The molecule has 1 spiro atoms. The van der Waals surface area contributed by atoms with E-state index in [9.17, 15) is 22.8 Å². The first-order valence-electron chi connectivity index (χ1n) is 11.3. The molecule has 3 amide bonds. The van der Waals surface area contributed by atoms with Gasteiger partial charge in [-0.2, -0.15) is 0 Å². The summed E-state index contributed by atoms with van der Waals surface area (Å²) in [4.78, 5) is 40.6. The van der Waals surface area contributed by atoms with Gasteiger partial charge in [0.25, 0.3) is 5.91 Å². The fourth-order valence-corrected chi connectivity index (χ4v) is 7.48. The van der Waals surface area contributed by atoms with Gasteiger partial charge in [0.1, 0.15) is 5.54 Å². The number of Topliss-reactive ketones (excluding diaryl/α,β-unsaturated/α-hetero) is 1. The number of aromatic nitrogens is 1. The largest absolute Gasteiger partial charge is 0.344 e. The van der Waals surface area contributed by atoms with E-state index in [1.54, 1.807) is 13.0 Å². The topological polar surface area (TPSA) is 106 Å². The Kier molecular flexibility index (Phi) is 5.00. The highest BCUT2D eigenvalue weighted by atomic mass is 32.2. The molecule has 1 aromatic carbocycles. The van der Waals surface area contributed by atoms with E-state index in [2.05, 4.69) is 5.32 Å². The smallest absolute Gasteiger partial charge is 0.325 e. The number of ketones is 1. The van der Waals surface area contributed by atoms with E-state index in [0.29, 0.717) is 24.1 Å². The number of urea groups is 1. The van der Waals surface area contributed by atoms with Gasteiger partial charge in [0, 0.05) is 23.0 Å². The summed E-state index contributed by atoms with van der Waals surface area (Å²) in [5.41, 5.74) is 2.63. The lowest BCUT2D eigenvalue weighted by Gasteiger charge is -2.33. The molecule has 0 saturated carbocycles. The molecule has 3 aliphatic rings. The molecular weight excluding hydrogens is 442 g/mol. The fourth-order valence-electron chi connectivity index (χ4n) is 5.78. The molecule has 5 rings (SSSR count). The van der Waals surface area contributed by atoms with Crippen LogP contribution in [0.4, 0.5) is 4.79 Å².